The van der Waals surface area contributed by atoms with Crippen molar-refractivity contribution in [2.75, 3.05) is 7.11 Å². The highest BCUT2D eigenvalue weighted by atomic mass is 16.6. The van der Waals surface area contributed by atoms with Crippen LogP contribution >= 0.6 is 0 Å². The van der Waals surface area contributed by atoms with Gasteiger partial charge in [-0.3, -0.25) is 19.7 Å². The molecule has 1 N–H and O–H groups in total. The number of nitro benzene ring substituents is 1. The van der Waals surface area contributed by atoms with E-state index in [4.69, 9.17) is 4.74 Å². The maximum absolute atomic E-state index is 12.2. The quantitative estimate of drug-likeness (QED) is 0.380. The van der Waals surface area contributed by atoms with Gasteiger partial charge in [0.1, 0.15) is 17.1 Å². The van der Waals surface area contributed by atoms with Crippen LogP contribution in [0.4, 0.5) is 5.69 Å². The minimum Gasteiger partial charge on any atom is -0.507 e. The van der Waals surface area contributed by atoms with E-state index in [9.17, 15) is 24.8 Å². The molecule has 2 rings (SSSR count). The Kier molecular flexibility index (Phi) is 4.70. The highest BCUT2D eigenvalue weighted by molar-refractivity contribution is 6.15. The fourth-order valence-electron chi connectivity index (χ4n) is 2.08. The summed E-state index contributed by atoms with van der Waals surface area (Å²) in [5, 5.41) is 20.4. The van der Waals surface area contributed by atoms with E-state index in [-0.39, 0.29) is 28.3 Å². The van der Waals surface area contributed by atoms with Crippen LogP contribution in [0.3, 0.4) is 0 Å². The second-order valence-corrected chi connectivity index (χ2v) is 4.68. The molecule has 23 heavy (non-hydrogen) atoms. The van der Waals surface area contributed by atoms with Gasteiger partial charge in [0.25, 0.3) is 5.69 Å². The molecule has 0 spiro atoms. The molecule has 0 aromatic heterocycles. The molecule has 7 nitrogen and oxygen atoms in total. The van der Waals surface area contributed by atoms with Crippen molar-refractivity contribution in [3.05, 3.63) is 63.7 Å². The van der Waals surface area contributed by atoms with Crippen LogP contribution in [0, 0.1) is 10.1 Å². The van der Waals surface area contributed by atoms with Crippen molar-refractivity contribution in [2.45, 2.75) is 6.42 Å². The lowest BCUT2D eigenvalue weighted by Gasteiger charge is -2.09. The Morgan fingerprint density at radius 3 is 2.35 bits per heavy atom. The molecule has 0 aliphatic carbocycles. The van der Waals surface area contributed by atoms with E-state index in [1.54, 1.807) is 0 Å². The predicted octanol–water partition coefficient (Wildman–Crippen LogP) is 2.76. The maximum atomic E-state index is 12.2. The summed E-state index contributed by atoms with van der Waals surface area (Å²) in [6.07, 6.45) is -0.480. The van der Waals surface area contributed by atoms with Crippen molar-refractivity contribution in [1.29, 1.82) is 0 Å². The molecule has 0 bridgehead atoms. The van der Waals surface area contributed by atoms with Gasteiger partial charge in [0.05, 0.1) is 18.5 Å². The minimum atomic E-state index is -0.594. The molecule has 0 saturated carbocycles. The van der Waals surface area contributed by atoms with Gasteiger partial charge in [-0.05, 0) is 24.3 Å². The number of carbonyl (C=O) groups is 2. The Labute approximate surface area is 131 Å². The van der Waals surface area contributed by atoms with Gasteiger partial charge in [0.15, 0.2) is 11.6 Å². The molecule has 0 fully saturated rings. The summed E-state index contributed by atoms with van der Waals surface area (Å²) in [6.45, 7) is 0. The molecule has 0 aliphatic rings. The molecule has 7 heteroatoms. The molecule has 118 valence electrons. The topological polar surface area (TPSA) is 107 Å². The smallest absolute Gasteiger partial charge is 0.269 e. The summed E-state index contributed by atoms with van der Waals surface area (Å²) in [5.41, 5.74) is -0.0288. The summed E-state index contributed by atoms with van der Waals surface area (Å²) in [5.74, 6) is -1.20. The van der Waals surface area contributed by atoms with E-state index in [1.165, 1.54) is 49.6 Å². The van der Waals surface area contributed by atoms with Crippen LogP contribution in [0.5, 0.6) is 11.5 Å². The number of hydrogen-bond acceptors (Lipinski definition) is 6. The van der Waals surface area contributed by atoms with Crippen molar-refractivity contribution >= 4 is 17.3 Å². The molecule has 0 saturated heterocycles. The van der Waals surface area contributed by atoms with Gasteiger partial charge < -0.3 is 9.84 Å². The van der Waals surface area contributed by atoms with Crippen molar-refractivity contribution in [3.8, 4) is 11.5 Å². The molecule has 0 radical (unpaired) electrons. The summed E-state index contributed by atoms with van der Waals surface area (Å²) in [6, 6.07) is 9.31. The molecule has 0 aliphatic heterocycles. The molecule has 0 atom stereocenters. The van der Waals surface area contributed by atoms with Crippen molar-refractivity contribution in [3.63, 3.8) is 0 Å². The Bertz CT molecular complexity index is 767. The third kappa shape index (κ3) is 3.52. The highest BCUT2D eigenvalue weighted by Crippen LogP contribution is 2.29. The number of aromatic hydroxyl groups is 1. The van der Waals surface area contributed by atoms with Gasteiger partial charge in [0.2, 0.25) is 0 Å². The molecule has 2 aromatic carbocycles. The van der Waals surface area contributed by atoms with Gasteiger partial charge in [-0.15, -0.1) is 0 Å². The van der Waals surface area contributed by atoms with Crippen molar-refractivity contribution in [1.82, 2.24) is 0 Å². The summed E-state index contributed by atoms with van der Waals surface area (Å²) in [7, 11) is 1.35. The second-order valence-electron chi connectivity index (χ2n) is 4.68. The normalized spacial score (nSPS) is 10.1. The lowest BCUT2D eigenvalue weighted by Crippen LogP contribution is -2.10. The summed E-state index contributed by atoms with van der Waals surface area (Å²) in [4.78, 5) is 34.3. The number of Topliss-reactive ketones (excluding diaryl/α,β-unsaturated/α-hetero) is 2. The second kappa shape index (κ2) is 6.69. The first-order valence-electron chi connectivity index (χ1n) is 6.61. The number of phenolic OH excluding ortho intramolecular Hbond substituents is 1. The fraction of sp³-hybridized carbons (Fsp3) is 0.125. The van der Waals surface area contributed by atoms with Crippen LogP contribution in [0.25, 0.3) is 0 Å². The number of ether oxygens (including phenoxy) is 1. The van der Waals surface area contributed by atoms with Crippen molar-refractivity contribution < 1.29 is 24.4 Å². The standard InChI is InChI=1S/C16H13NO6/c1-23-15-4-2-3-12(18)16(15)14(20)9-13(19)10-5-7-11(8-6-10)17(21)22/h2-8,18H,9H2,1H3. The van der Waals surface area contributed by atoms with Crippen LogP contribution in [0.2, 0.25) is 0 Å². The van der Waals surface area contributed by atoms with E-state index in [0.717, 1.165) is 0 Å². The van der Waals surface area contributed by atoms with Crippen LogP contribution in [0.15, 0.2) is 42.5 Å². The van der Waals surface area contributed by atoms with Crippen molar-refractivity contribution in [2.24, 2.45) is 0 Å². The number of non-ortho nitro benzene ring substituents is 1. The summed E-state index contributed by atoms with van der Waals surface area (Å²) >= 11 is 0. The zero-order valence-electron chi connectivity index (χ0n) is 12.2. The molecule has 0 amide bonds. The Balaban J connectivity index is 2.20. The number of ketones is 2. The van der Waals surface area contributed by atoms with Gasteiger partial charge >= 0.3 is 0 Å². The first-order valence-corrected chi connectivity index (χ1v) is 6.61. The van der Waals surface area contributed by atoms with E-state index >= 15 is 0 Å². The van der Waals surface area contributed by atoms with Crippen LogP contribution in [-0.4, -0.2) is 28.7 Å². The molecule has 0 unspecified atom stereocenters. The molecular weight excluding hydrogens is 302 g/mol. The van der Waals surface area contributed by atoms with Gasteiger partial charge in [-0.2, -0.15) is 0 Å². The lowest BCUT2D eigenvalue weighted by atomic mass is 10.00. The van der Waals surface area contributed by atoms with Crippen LogP contribution in [-0.2, 0) is 0 Å². The average Bonchev–Trinajstić information content (AvgIpc) is 2.54. The third-order valence-electron chi connectivity index (χ3n) is 3.22. The van der Waals surface area contributed by atoms with E-state index in [0.29, 0.717) is 0 Å². The Morgan fingerprint density at radius 2 is 1.78 bits per heavy atom. The average molecular weight is 315 g/mol. The number of methoxy groups -OCH3 is 1. The van der Waals surface area contributed by atoms with E-state index < -0.39 is 22.9 Å². The van der Waals surface area contributed by atoms with Gasteiger partial charge in [-0.25, -0.2) is 0 Å². The number of nitrogens with zero attached hydrogens (tertiary/aromatic N) is 1. The number of hydrogen-bond donors (Lipinski definition) is 1. The lowest BCUT2D eigenvalue weighted by molar-refractivity contribution is -0.384. The predicted molar refractivity (Wildman–Crippen MR) is 81.0 cm³/mol. The number of carbonyl (C=O) groups excluding carboxylic acids is 2. The van der Waals surface area contributed by atoms with Crippen LogP contribution in [0.1, 0.15) is 27.1 Å². The number of benzene rings is 2. The zero-order valence-corrected chi connectivity index (χ0v) is 12.2. The van der Waals surface area contributed by atoms with Crippen LogP contribution < -0.4 is 4.74 Å². The SMILES string of the molecule is COc1cccc(O)c1C(=O)CC(=O)c1ccc([N+](=O)[O-])cc1. The van der Waals surface area contributed by atoms with E-state index in [1.807, 2.05) is 0 Å². The zero-order chi connectivity index (χ0) is 17.0. The van der Waals surface area contributed by atoms with Gasteiger partial charge in [0, 0.05) is 17.7 Å². The Hall–Kier alpha value is -3.22. The Morgan fingerprint density at radius 1 is 1.13 bits per heavy atom. The largest absolute Gasteiger partial charge is 0.507 e. The first-order chi connectivity index (χ1) is 10.9. The van der Waals surface area contributed by atoms with E-state index in [2.05, 4.69) is 0 Å². The fourth-order valence-corrected chi connectivity index (χ4v) is 2.08. The number of rotatable bonds is 6. The first kappa shape index (κ1) is 16.2. The summed E-state index contributed by atoms with van der Waals surface area (Å²) < 4.78 is 5.01. The molecule has 0 heterocycles. The van der Waals surface area contributed by atoms with Gasteiger partial charge in [-0.1, -0.05) is 6.07 Å². The minimum absolute atomic E-state index is 0.0646. The third-order valence-corrected chi connectivity index (χ3v) is 3.22. The monoisotopic (exact) mass is 315 g/mol. The molecule has 2 aromatic rings. The number of phenols is 1. The number of nitro groups is 1. The molecular formula is C16H13NO6. The highest BCUT2D eigenvalue weighted by Gasteiger charge is 2.21. The maximum Gasteiger partial charge on any atom is 0.269 e.